The minimum absolute atomic E-state index is 0.0130. The largest absolute Gasteiger partial charge is 0.462 e. The van der Waals surface area contributed by atoms with Crippen LogP contribution in [0.25, 0.3) is 0 Å². The van der Waals surface area contributed by atoms with Crippen LogP contribution in [0, 0.1) is 12.3 Å². The Hall–Kier alpha value is -0.530. The molecule has 0 amide bonds. The molecule has 1 unspecified atom stereocenters. The van der Waals surface area contributed by atoms with Gasteiger partial charge in [0.2, 0.25) is 0 Å². The molecule has 9 heavy (non-hydrogen) atoms. The molecular weight excluding hydrogens is 116 g/mol. The lowest BCUT2D eigenvalue weighted by molar-refractivity contribution is -0.148. The van der Waals surface area contributed by atoms with Crippen molar-refractivity contribution in [1.29, 1.82) is 0 Å². The Kier molecular flexibility index (Phi) is 1.74. The topological polar surface area (TPSA) is 26.3 Å². The van der Waals surface area contributed by atoms with Crippen LogP contribution < -0.4 is 0 Å². The smallest absolute Gasteiger partial charge is 0.308 e. The highest BCUT2D eigenvalue weighted by atomic mass is 16.5. The van der Waals surface area contributed by atoms with E-state index >= 15 is 0 Å². The van der Waals surface area contributed by atoms with Gasteiger partial charge in [-0.05, 0) is 6.42 Å². The molecule has 1 atom stereocenters. The van der Waals surface area contributed by atoms with Gasteiger partial charge in [0, 0.05) is 6.42 Å². The molecule has 0 spiro atoms. The summed E-state index contributed by atoms with van der Waals surface area (Å²) in [5.41, 5.74) is 0. The van der Waals surface area contributed by atoms with Gasteiger partial charge in [0.1, 0.15) is 6.10 Å². The molecule has 0 aromatic heterocycles. The van der Waals surface area contributed by atoms with Gasteiger partial charge in [0.05, 0.1) is 5.92 Å². The van der Waals surface area contributed by atoms with Crippen LogP contribution in [0.3, 0.4) is 0 Å². The van der Waals surface area contributed by atoms with Gasteiger partial charge in [-0.2, -0.15) is 0 Å². The molecule has 0 aromatic carbocycles. The molecule has 1 saturated carbocycles. The molecule has 1 rings (SSSR count). The van der Waals surface area contributed by atoms with Crippen LogP contribution in [0.4, 0.5) is 0 Å². The number of hydrogen-bond acceptors (Lipinski definition) is 2. The lowest BCUT2D eigenvalue weighted by Crippen LogP contribution is -2.12. The van der Waals surface area contributed by atoms with Crippen LogP contribution in [0.2, 0.25) is 0 Å². The summed E-state index contributed by atoms with van der Waals surface area (Å²) in [4.78, 5) is 10.8. The number of esters is 1. The summed E-state index contributed by atoms with van der Waals surface area (Å²) >= 11 is 0. The van der Waals surface area contributed by atoms with E-state index in [0.29, 0.717) is 0 Å². The molecule has 0 aromatic rings. The Morgan fingerprint density at radius 2 is 2.33 bits per heavy atom. The first-order valence-electron chi connectivity index (χ1n) is 3.24. The second-order valence-electron chi connectivity index (χ2n) is 2.60. The van der Waals surface area contributed by atoms with Gasteiger partial charge >= 0.3 is 5.97 Å². The second-order valence-corrected chi connectivity index (χ2v) is 2.60. The molecule has 51 valence electrons. The molecule has 0 saturated heterocycles. The van der Waals surface area contributed by atoms with Crippen LogP contribution in [-0.4, -0.2) is 12.1 Å². The molecule has 0 aliphatic heterocycles. The van der Waals surface area contributed by atoms with Crippen molar-refractivity contribution in [1.82, 2.24) is 0 Å². The summed E-state index contributed by atoms with van der Waals surface area (Å²) in [5, 5.41) is 0. The molecule has 0 N–H and O–H groups in total. The minimum Gasteiger partial charge on any atom is -0.462 e. The molecule has 1 radical (unpaired) electrons. The Morgan fingerprint density at radius 3 is 2.67 bits per heavy atom. The maximum Gasteiger partial charge on any atom is 0.308 e. The quantitative estimate of drug-likeness (QED) is 0.520. The van der Waals surface area contributed by atoms with E-state index in [0.717, 1.165) is 6.42 Å². The standard InChI is InChI=1S/C7H11O2/c1-5(2)7(8)9-6-3-4-6/h3,5-6H,4H2,1-2H3. The van der Waals surface area contributed by atoms with E-state index in [4.69, 9.17) is 4.74 Å². The maximum absolute atomic E-state index is 10.8. The normalized spacial score (nSPS) is 18.1. The predicted octanol–water partition coefficient (Wildman–Crippen LogP) is 1.16. The van der Waals surface area contributed by atoms with E-state index in [-0.39, 0.29) is 18.0 Å². The SMILES string of the molecule is CC(C)C(=O)OC1[CH]C1. The number of ether oxygens (including phenoxy) is 1. The van der Waals surface area contributed by atoms with Gasteiger partial charge < -0.3 is 4.74 Å². The highest BCUT2D eigenvalue weighted by molar-refractivity contribution is 5.72. The van der Waals surface area contributed by atoms with Crippen molar-refractivity contribution in [2.45, 2.75) is 26.4 Å². The molecule has 1 aliphatic rings. The van der Waals surface area contributed by atoms with Crippen molar-refractivity contribution >= 4 is 5.97 Å². The van der Waals surface area contributed by atoms with Crippen molar-refractivity contribution in [3.8, 4) is 0 Å². The van der Waals surface area contributed by atoms with Crippen molar-refractivity contribution < 1.29 is 9.53 Å². The molecule has 1 fully saturated rings. The zero-order valence-electron chi connectivity index (χ0n) is 5.76. The summed E-state index contributed by atoms with van der Waals surface area (Å²) in [7, 11) is 0. The van der Waals surface area contributed by atoms with Crippen molar-refractivity contribution in [3.63, 3.8) is 0 Å². The fourth-order valence-corrected chi connectivity index (χ4v) is 0.437. The van der Waals surface area contributed by atoms with E-state index in [1.807, 2.05) is 20.3 Å². The van der Waals surface area contributed by atoms with E-state index in [1.54, 1.807) is 0 Å². The van der Waals surface area contributed by atoms with Crippen LogP contribution in [0.5, 0.6) is 0 Å². The fraction of sp³-hybridized carbons (Fsp3) is 0.714. The Labute approximate surface area is 55.2 Å². The molecule has 0 heterocycles. The summed E-state index contributed by atoms with van der Waals surface area (Å²) in [5.74, 6) is -0.0762. The zero-order chi connectivity index (χ0) is 6.85. The fourth-order valence-electron chi connectivity index (χ4n) is 0.437. The van der Waals surface area contributed by atoms with E-state index in [1.165, 1.54) is 0 Å². The number of carbonyl (C=O) groups is 1. The lowest BCUT2D eigenvalue weighted by atomic mass is 10.2. The first kappa shape index (κ1) is 6.59. The molecular formula is C7H11O2. The van der Waals surface area contributed by atoms with E-state index in [2.05, 4.69) is 0 Å². The van der Waals surface area contributed by atoms with Gasteiger partial charge in [0.15, 0.2) is 0 Å². The predicted molar refractivity (Wildman–Crippen MR) is 33.6 cm³/mol. The highest BCUT2D eigenvalue weighted by Gasteiger charge is 2.27. The number of rotatable bonds is 2. The van der Waals surface area contributed by atoms with E-state index < -0.39 is 0 Å². The van der Waals surface area contributed by atoms with Gasteiger partial charge in [-0.15, -0.1) is 0 Å². The molecule has 0 bridgehead atoms. The van der Waals surface area contributed by atoms with Crippen LogP contribution in [0.1, 0.15) is 20.3 Å². The van der Waals surface area contributed by atoms with Crippen LogP contribution in [0.15, 0.2) is 0 Å². The van der Waals surface area contributed by atoms with Gasteiger partial charge in [-0.1, -0.05) is 13.8 Å². The molecule has 2 nitrogen and oxygen atoms in total. The number of hydrogen-bond donors (Lipinski definition) is 0. The Balaban J connectivity index is 2.17. The molecule has 2 heteroatoms. The first-order valence-corrected chi connectivity index (χ1v) is 3.24. The average molecular weight is 127 g/mol. The lowest BCUT2D eigenvalue weighted by Gasteiger charge is -2.03. The summed E-state index contributed by atoms with van der Waals surface area (Å²) in [6.45, 7) is 3.68. The summed E-state index contributed by atoms with van der Waals surface area (Å²) in [6.07, 6.45) is 3.05. The summed E-state index contributed by atoms with van der Waals surface area (Å²) < 4.78 is 4.93. The third-order valence-electron chi connectivity index (χ3n) is 1.17. The Bertz CT molecular complexity index is 114. The van der Waals surface area contributed by atoms with Gasteiger partial charge in [-0.3, -0.25) is 4.79 Å². The minimum atomic E-state index is -0.0891. The first-order chi connectivity index (χ1) is 4.20. The van der Waals surface area contributed by atoms with Crippen molar-refractivity contribution in [2.75, 3.05) is 0 Å². The Morgan fingerprint density at radius 1 is 1.78 bits per heavy atom. The third kappa shape index (κ3) is 2.04. The van der Waals surface area contributed by atoms with Gasteiger partial charge in [0.25, 0.3) is 0 Å². The van der Waals surface area contributed by atoms with Crippen LogP contribution in [-0.2, 0) is 9.53 Å². The van der Waals surface area contributed by atoms with Crippen molar-refractivity contribution in [2.24, 2.45) is 5.92 Å². The monoisotopic (exact) mass is 127 g/mol. The zero-order valence-corrected chi connectivity index (χ0v) is 5.76. The average Bonchev–Trinajstić information content (AvgIpc) is 2.50. The van der Waals surface area contributed by atoms with E-state index in [9.17, 15) is 4.79 Å². The number of carbonyl (C=O) groups excluding carboxylic acids is 1. The van der Waals surface area contributed by atoms with Crippen LogP contribution >= 0.6 is 0 Å². The molecule has 1 aliphatic carbocycles. The maximum atomic E-state index is 10.8. The second kappa shape index (κ2) is 2.38. The highest BCUT2D eigenvalue weighted by Crippen LogP contribution is 2.22. The van der Waals surface area contributed by atoms with Gasteiger partial charge in [-0.25, -0.2) is 0 Å². The third-order valence-corrected chi connectivity index (χ3v) is 1.17. The van der Waals surface area contributed by atoms with Crippen molar-refractivity contribution in [3.05, 3.63) is 6.42 Å². The summed E-state index contributed by atoms with van der Waals surface area (Å²) in [6, 6.07) is 0.